The van der Waals surface area contributed by atoms with E-state index in [1.165, 1.54) is 0 Å². The highest BCUT2D eigenvalue weighted by molar-refractivity contribution is 5.82. The fourth-order valence-electron chi connectivity index (χ4n) is 1.81. The van der Waals surface area contributed by atoms with Gasteiger partial charge in [-0.1, -0.05) is 36.4 Å². The normalized spacial score (nSPS) is 12.0. The van der Waals surface area contributed by atoms with E-state index in [0.717, 1.165) is 11.1 Å². The van der Waals surface area contributed by atoms with Crippen LogP contribution < -0.4 is 5.73 Å². The van der Waals surface area contributed by atoms with Gasteiger partial charge in [0.05, 0.1) is 5.92 Å². The topological polar surface area (TPSA) is 56.0 Å². The third kappa shape index (κ3) is 2.91. The predicted molar refractivity (Wildman–Crippen MR) is 66.3 cm³/mol. The molecule has 1 unspecified atom stereocenters. The highest BCUT2D eigenvalue weighted by Crippen LogP contribution is 2.19. The molecule has 3 heteroatoms. The molecule has 1 amide bonds. The molecule has 2 rings (SSSR count). The minimum Gasteiger partial charge on any atom is -0.369 e. The van der Waals surface area contributed by atoms with Crippen molar-refractivity contribution in [1.29, 1.82) is 0 Å². The molecule has 3 nitrogen and oxygen atoms in total. The van der Waals surface area contributed by atoms with Crippen molar-refractivity contribution >= 4 is 5.91 Å². The van der Waals surface area contributed by atoms with E-state index in [2.05, 4.69) is 4.98 Å². The van der Waals surface area contributed by atoms with Gasteiger partial charge in [-0.2, -0.15) is 0 Å². The standard InChI is InChI=1S/C14H14N2O/c15-14(17)13(12-7-4-8-16-10-12)9-11-5-2-1-3-6-11/h1-8,10,13H,9H2,(H2,15,17). The van der Waals surface area contributed by atoms with Crippen LogP contribution in [0.15, 0.2) is 54.9 Å². The molecule has 2 N–H and O–H groups in total. The smallest absolute Gasteiger partial charge is 0.225 e. The van der Waals surface area contributed by atoms with E-state index in [1.54, 1.807) is 12.4 Å². The van der Waals surface area contributed by atoms with Gasteiger partial charge in [0, 0.05) is 12.4 Å². The van der Waals surface area contributed by atoms with Crippen molar-refractivity contribution in [3.63, 3.8) is 0 Å². The molecule has 17 heavy (non-hydrogen) atoms. The quantitative estimate of drug-likeness (QED) is 0.865. The Morgan fingerprint density at radius 3 is 2.53 bits per heavy atom. The number of hydrogen-bond acceptors (Lipinski definition) is 2. The number of pyridine rings is 1. The van der Waals surface area contributed by atoms with Crippen LogP contribution in [0.5, 0.6) is 0 Å². The lowest BCUT2D eigenvalue weighted by atomic mass is 9.92. The summed E-state index contributed by atoms with van der Waals surface area (Å²) in [6, 6.07) is 13.5. The Hall–Kier alpha value is -2.16. The molecule has 2 aromatic rings. The van der Waals surface area contributed by atoms with Crippen molar-refractivity contribution in [3.05, 3.63) is 66.0 Å². The number of aromatic nitrogens is 1. The lowest BCUT2D eigenvalue weighted by Crippen LogP contribution is -2.23. The molecule has 1 atom stereocenters. The first-order valence-corrected chi connectivity index (χ1v) is 5.50. The van der Waals surface area contributed by atoms with E-state index in [4.69, 9.17) is 5.73 Å². The summed E-state index contributed by atoms with van der Waals surface area (Å²) in [6.45, 7) is 0. The zero-order chi connectivity index (χ0) is 12.1. The summed E-state index contributed by atoms with van der Waals surface area (Å²) >= 11 is 0. The number of nitrogens with two attached hydrogens (primary N) is 1. The molecule has 1 aromatic heterocycles. The van der Waals surface area contributed by atoms with Gasteiger partial charge < -0.3 is 5.73 Å². The zero-order valence-corrected chi connectivity index (χ0v) is 9.41. The van der Waals surface area contributed by atoms with Crippen molar-refractivity contribution in [1.82, 2.24) is 4.98 Å². The summed E-state index contributed by atoms with van der Waals surface area (Å²) in [7, 11) is 0. The SMILES string of the molecule is NC(=O)C(Cc1ccccc1)c1cccnc1. The van der Waals surface area contributed by atoms with Gasteiger partial charge in [-0.05, 0) is 23.6 Å². The van der Waals surface area contributed by atoms with Crippen LogP contribution in [0.25, 0.3) is 0 Å². The van der Waals surface area contributed by atoms with Crippen molar-refractivity contribution in [2.75, 3.05) is 0 Å². The van der Waals surface area contributed by atoms with Crippen LogP contribution in [0.1, 0.15) is 17.0 Å². The Morgan fingerprint density at radius 1 is 1.18 bits per heavy atom. The lowest BCUT2D eigenvalue weighted by molar-refractivity contribution is -0.119. The third-order valence-electron chi connectivity index (χ3n) is 2.71. The molecule has 86 valence electrons. The molecule has 0 saturated carbocycles. The van der Waals surface area contributed by atoms with Crippen LogP contribution in [-0.4, -0.2) is 10.9 Å². The highest BCUT2D eigenvalue weighted by Gasteiger charge is 2.18. The summed E-state index contributed by atoms with van der Waals surface area (Å²) in [6.07, 6.45) is 3.99. The van der Waals surface area contributed by atoms with Gasteiger partial charge in [0.25, 0.3) is 0 Å². The number of amides is 1. The number of hydrogen-bond donors (Lipinski definition) is 1. The van der Waals surface area contributed by atoms with Gasteiger partial charge in [0.2, 0.25) is 5.91 Å². The van der Waals surface area contributed by atoms with E-state index in [0.29, 0.717) is 6.42 Å². The van der Waals surface area contributed by atoms with Gasteiger partial charge in [-0.15, -0.1) is 0 Å². The fourth-order valence-corrected chi connectivity index (χ4v) is 1.81. The molecule has 0 bridgehead atoms. The average Bonchev–Trinajstić information content (AvgIpc) is 2.38. The third-order valence-corrected chi connectivity index (χ3v) is 2.71. The molecule has 0 spiro atoms. The molecule has 1 heterocycles. The number of nitrogens with zero attached hydrogens (tertiary/aromatic N) is 1. The van der Waals surface area contributed by atoms with E-state index < -0.39 is 0 Å². The Labute approximate surface area is 100 Å². The zero-order valence-electron chi connectivity index (χ0n) is 9.41. The molecule has 0 radical (unpaired) electrons. The summed E-state index contributed by atoms with van der Waals surface area (Å²) < 4.78 is 0. The van der Waals surface area contributed by atoms with Crippen molar-refractivity contribution in [3.8, 4) is 0 Å². The van der Waals surface area contributed by atoms with E-state index >= 15 is 0 Å². The number of rotatable bonds is 4. The molecule has 0 aliphatic carbocycles. The van der Waals surface area contributed by atoms with Crippen LogP contribution in [-0.2, 0) is 11.2 Å². The predicted octanol–water partition coefficient (Wildman–Crippen LogP) is 1.89. The summed E-state index contributed by atoms with van der Waals surface area (Å²) in [5, 5.41) is 0. The number of carbonyl (C=O) groups excluding carboxylic acids is 1. The first kappa shape index (κ1) is 11.3. The number of benzene rings is 1. The Morgan fingerprint density at radius 2 is 1.94 bits per heavy atom. The van der Waals surface area contributed by atoms with E-state index in [1.807, 2.05) is 42.5 Å². The minimum atomic E-state index is -0.318. The lowest BCUT2D eigenvalue weighted by Gasteiger charge is -2.13. The monoisotopic (exact) mass is 226 g/mol. The van der Waals surface area contributed by atoms with Crippen molar-refractivity contribution < 1.29 is 4.79 Å². The molecule has 0 aliphatic heterocycles. The average molecular weight is 226 g/mol. The maximum absolute atomic E-state index is 11.5. The van der Waals surface area contributed by atoms with Crippen LogP contribution in [0.3, 0.4) is 0 Å². The number of carbonyl (C=O) groups is 1. The minimum absolute atomic E-state index is 0.314. The van der Waals surface area contributed by atoms with Gasteiger partial charge in [-0.25, -0.2) is 0 Å². The van der Waals surface area contributed by atoms with Gasteiger partial charge in [-0.3, -0.25) is 9.78 Å². The maximum Gasteiger partial charge on any atom is 0.225 e. The second-order valence-corrected chi connectivity index (χ2v) is 3.93. The molecule has 0 aliphatic rings. The van der Waals surface area contributed by atoms with Crippen LogP contribution in [0, 0.1) is 0 Å². The Bertz CT molecular complexity index is 482. The van der Waals surface area contributed by atoms with Crippen LogP contribution in [0.2, 0.25) is 0 Å². The van der Waals surface area contributed by atoms with Gasteiger partial charge in [0.1, 0.15) is 0 Å². The Balaban J connectivity index is 2.23. The summed E-state index contributed by atoms with van der Waals surface area (Å²) in [5.41, 5.74) is 7.41. The fraction of sp³-hybridized carbons (Fsp3) is 0.143. The first-order valence-electron chi connectivity index (χ1n) is 5.50. The molecular weight excluding hydrogens is 212 g/mol. The van der Waals surface area contributed by atoms with E-state index in [-0.39, 0.29) is 11.8 Å². The second-order valence-electron chi connectivity index (χ2n) is 3.93. The highest BCUT2D eigenvalue weighted by atomic mass is 16.1. The largest absolute Gasteiger partial charge is 0.369 e. The van der Waals surface area contributed by atoms with Gasteiger partial charge in [0.15, 0.2) is 0 Å². The second kappa shape index (κ2) is 5.25. The van der Waals surface area contributed by atoms with Crippen LogP contribution in [0.4, 0.5) is 0 Å². The van der Waals surface area contributed by atoms with Crippen LogP contribution >= 0.6 is 0 Å². The molecule has 0 fully saturated rings. The number of primary amides is 1. The van der Waals surface area contributed by atoms with Gasteiger partial charge >= 0.3 is 0 Å². The van der Waals surface area contributed by atoms with Crippen molar-refractivity contribution in [2.45, 2.75) is 12.3 Å². The molecular formula is C14H14N2O. The maximum atomic E-state index is 11.5. The Kier molecular flexibility index (Phi) is 3.50. The summed E-state index contributed by atoms with van der Waals surface area (Å²) in [4.78, 5) is 15.5. The molecule has 0 saturated heterocycles. The van der Waals surface area contributed by atoms with Crippen molar-refractivity contribution in [2.24, 2.45) is 5.73 Å². The van der Waals surface area contributed by atoms with E-state index in [9.17, 15) is 4.79 Å². The molecule has 1 aromatic carbocycles. The summed E-state index contributed by atoms with van der Waals surface area (Å²) in [5.74, 6) is -0.632. The first-order chi connectivity index (χ1) is 8.27.